The van der Waals surface area contributed by atoms with Crippen LogP contribution in [0.1, 0.15) is 24.6 Å². The molecule has 200 valence electrons. The van der Waals surface area contributed by atoms with Gasteiger partial charge in [0.2, 0.25) is 11.5 Å². The number of nitrogens with one attached hydrogen (secondary N) is 1. The molecule has 2 unspecified atom stereocenters. The molecule has 2 aliphatic heterocycles. The van der Waals surface area contributed by atoms with E-state index < -0.39 is 17.6 Å². The van der Waals surface area contributed by atoms with Gasteiger partial charge in [0.15, 0.2) is 5.76 Å². The number of carbonyl (C=O) groups excluding carboxylic acids is 1. The van der Waals surface area contributed by atoms with Gasteiger partial charge in [-0.15, -0.1) is 0 Å². The topological polar surface area (TPSA) is 176 Å². The summed E-state index contributed by atoms with van der Waals surface area (Å²) < 4.78 is 7.10. The van der Waals surface area contributed by atoms with Gasteiger partial charge < -0.3 is 29.9 Å². The zero-order valence-electron chi connectivity index (χ0n) is 20.9. The van der Waals surface area contributed by atoms with Crippen LogP contribution < -0.4 is 5.32 Å². The van der Waals surface area contributed by atoms with Crippen molar-refractivity contribution in [2.24, 2.45) is 0 Å². The van der Waals surface area contributed by atoms with Crippen molar-refractivity contribution in [3.63, 3.8) is 0 Å². The number of anilines is 2. The van der Waals surface area contributed by atoms with Crippen molar-refractivity contribution in [3.05, 3.63) is 54.7 Å². The minimum absolute atomic E-state index is 0.0266. The molecule has 2 saturated heterocycles. The number of aromatic nitrogens is 6. The fourth-order valence-electron chi connectivity index (χ4n) is 4.82. The zero-order chi connectivity index (χ0) is 27.1. The van der Waals surface area contributed by atoms with Gasteiger partial charge in [0.1, 0.15) is 5.69 Å². The number of rotatable bonds is 6. The molecule has 0 bridgehead atoms. The van der Waals surface area contributed by atoms with Crippen LogP contribution in [0.4, 0.5) is 16.4 Å². The number of aliphatic hydroxyl groups is 1. The average Bonchev–Trinajstić information content (AvgIpc) is 3.75. The van der Waals surface area contributed by atoms with Gasteiger partial charge in [0.05, 0.1) is 35.0 Å². The van der Waals surface area contributed by atoms with Gasteiger partial charge in [0, 0.05) is 51.6 Å². The Kier molecular flexibility index (Phi) is 5.95. The van der Waals surface area contributed by atoms with Crippen LogP contribution in [0.2, 0.25) is 0 Å². The summed E-state index contributed by atoms with van der Waals surface area (Å²) in [5.74, 6) is -0.00187. The highest BCUT2D eigenvalue weighted by Gasteiger charge is 2.48. The van der Waals surface area contributed by atoms with Gasteiger partial charge in [-0.3, -0.25) is 9.48 Å². The van der Waals surface area contributed by atoms with Crippen LogP contribution >= 0.6 is 0 Å². The van der Waals surface area contributed by atoms with E-state index in [0.29, 0.717) is 60.5 Å². The van der Waals surface area contributed by atoms with Gasteiger partial charge in [-0.1, -0.05) is 11.2 Å². The van der Waals surface area contributed by atoms with Crippen molar-refractivity contribution in [3.8, 4) is 22.8 Å². The van der Waals surface area contributed by atoms with E-state index >= 15 is 0 Å². The summed E-state index contributed by atoms with van der Waals surface area (Å²) in [5.41, 5.74) is 0.939. The van der Waals surface area contributed by atoms with Crippen LogP contribution in [0.15, 0.2) is 53.4 Å². The Morgan fingerprint density at radius 1 is 1.15 bits per heavy atom. The number of hydrogen-bond acceptors (Lipinski definition) is 10. The van der Waals surface area contributed by atoms with Crippen molar-refractivity contribution in [1.29, 1.82) is 0 Å². The molecular formula is C25H25N9O5. The van der Waals surface area contributed by atoms with Crippen LogP contribution in [-0.2, 0) is 10.4 Å². The third-order valence-electron chi connectivity index (χ3n) is 7.02. The molecule has 0 aromatic carbocycles. The van der Waals surface area contributed by atoms with E-state index in [1.54, 1.807) is 54.6 Å². The molecule has 0 spiro atoms. The summed E-state index contributed by atoms with van der Waals surface area (Å²) in [6.45, 7) is 1.30. The summed E-state index contributed by atoms with van der Waals surface area (Å²) >= 11 is 0. The van der Waals surface area contributed by atoms with E-state index in [0.717, 1.165) is 0 Å². The number of amides is 2. The average molecular weight is 532 g/mol. The maximum atomic E-state index is 12.4. The Hall–Kier alpha value is -4.85. The van der Waals surface area contributed by atoms with Crippen molar-refractivity contribution >= 4 is 23.6 Å². The highest BCUT2D eigenvalue weighted by molar-refractivity contribution is 5.87. The van der Waals surface area contributed by atoms with Gasteiger partial charge in [0.25, 0.3) is 5.91 Å². The fraction of sp³-hybridized carbons (Fsp3) is 0.320. The van der Waals surface area contributed by atoms with E-state index in [1.165, 1.54) is 15.9 Å². The molecule has 0 radical (unpaired) electrons. The number of likely N-dealkylation sites (tertiary alicyclic amines) is 2. The molecule has 4 aromatic rings. The largest absolute Gasteiger partial charge is 0.465 e. The van der Waals surface area contributed by atoms with Crippen LogP contribution in [0.25, 0.3) is 22.8 Å². The predicted octanol–water partition coefficient (Wildman–Crippen LogP) is 2.11. The maximum Gasteiger partial charge on any atom is 0.407 e. The summed E-state index contributed by atoms with van der Waals surface area (Å²) in [4.78, 5) is 39.9. The van der Waals surface area contributed by atoms with Crippen molar-refractivity contribution < 1.29 is 24.3 Å². The Balaban J connectivity index is 1.18. The molecule has 2 aliphatic rings. The molecule has 14 nitrogen and oxygen atoms in total. The Morgan fingerprint density at radius 3 is 2.69 bits per heavy atom. The molecule has 39 heavy (non-hydrogen) atoms. The van der Waals surface area contributed by atoms with E-state index in [-0.39, 0.29) is 18.2 Å². The Labute approximate surface area is 221 Å². The monoisotopic (exact) mass is 531 g/mol. The van der Waals surface area contributed by atoms with Crippen LogP contribution in [0, 0.1) is 0 Å². The highest BCUT2D eigenvalue weighted by atomic mass is 16.5. The lowest BCUT2D eigenvalue weighted by atomic mass is 9.98. The molecule has 2 amide bonds. The quantitative estimate of drug-likeness (QED) is 0.332. The minimum Gasteiger partial charge on any atom is -0.465 e. The number of hydrogen-bond donors (Lipinski definition) is 3. The first-order valence-corrected chi connectivity index (χ1v) is 12.4. The van der Waals surface area contributed by atoms with Crippen molar-refractivity contribution in [2.45, 2.75) is 24.5 Å². The summed E-state index contributed by atoms with van der Waals surface area (Å²) in [6.07, 6.45) is 5.04. The molecule has 0 saturated carbocycles. The van der Waals surface area contributed by atoms with E-state index in [2.05, 4.69) is 30.5 Å². The summed E-state index contributed by atoms with van der Waals surface area (Å²) in [7, 11) is 1.63. The third-order valence-corrected chi connectivity index (χ3v) is 7.02. The van der Waals surface area contributed by atoms with E-state index in [4.69, 9.17) is 4.52 Å². The maximum absolute atomic E-state index is 12.4. The first kappa shape index (κ1) is 24.5. The fourth-order valence-corrected chi connectivity index (χ4v) is 4.82. The number of pyridine rings is 1. The molecule has 0 aliphatic carbocycles. The highest BCUT2D eigenvalue weighted by Crippen LogP contribution is 2.34. The smallest absolute Gasteiger partial charge is 0.407 e. The summed E-state index contributed by atoms with van der Waals surface area (Å²) in [5, 5.41) is 31.6. The van der Waals surface area contributed by atoms with Gasteiger partial charge in [-0.25, -0.2) is 19.7 Å². The van der Waals surface area contributed by atoms with E-state index in [1.807, 2.05) is 0 Å². The molecule has 6 rings (SSSR count). The molecular weight excluding hydrogens is 506 g/mol. The third kappa shape index (κ3) is 4.54. The Bertz CT molecular complexity index is 1550. The van der Waals surface area contributed by atoms with Gasteiger partial charge >= 0.3 is 6.09 Å². The second kappa shape index (κ2) is 9.47. The van der Waals surface area contributed by atoms with E-state index in [9.17, 15) is 19.8 Å². The lowest BCUT2D eigenvalue weighted by Crippen LogP contribution is -2.35. The first-order valence-electron chi connectivity index (χ1n) is 12.4. The molecule has 2 atom stereocenters. The lowest BCUT2D eigenvalue weighted by Gasteiger charge is -2.16. The molecule has 2 fully saturated rings. The van der Waals surface area contributed by atoms with Crippen molar-refractivity contribution in [1.82, 2.24) is 39.7 Å². The van der Waals surface area contributed by atoms with Crippen LogP contribution in [0.5, 0.6) is 0 Å². The molecule has 6 heterocycles. The number of nitrogens with zero attached hydrogens (tertiary/aromatic N) is 8. The zero-order valence-corrected chi connectivity index (χ0v) is 20.9. The van der Waals surface area contributed by atoms with Gasteiger partial charge in [-0.05, 0) is 24.6 Å². The van der Waals surface area contributed by atoms with Crippen molar-refractivity contribution in [2.75, 3.05) is 32.0 Å². The number of likely N-dealkylation sites (N-methyl/N-ethyl adjacent to an activating group) is 1. The first-order chi connectivity index (χ1) is 18.8. The number of carboxylic acid groups (broad SMARTS) is 1. The minimum atomic E-state index is -1.73. The lowest BCUT2D eigenvalue weighted by molar-refractivity contribution is -0.144. The standard InChI is InChI=1S/C25H25N9O5/c1-32-10-7-25(38,22(32)35)21-11-20(31-39-21)18-4-2-3-17(29-18)19-5-8-26-23(30-19)28-15-12-27-34(13-15)16-6-9-33(14-16)24(36)37/h2-5,8,11-13,16,38H,6-7,9-10,14H2,1H3,(H,36,37)(H,26,28,30). The molecule has 14 heteroatoms. The SMILES string of the molecule is CN1CCC(O)(c2cc(-c3cccc(-c4ccnc(Nc5cnn(C6CCN(C(=O)O)C6)c5)n4)n3)no2)C1=O. The molecule has 4 aromatic heterocycles. The number of carbonyl (C=O) groups is 2. The molecule has 3 N–H and O–H groups in total. The predicted molar refractivity (Wildman–Crippen MR) is 136 cm³/mol. The second-order valence-corrected chi connectivity index (χ2v) is 9.59. The normalized spacial score (nSPS) is 21.1. The summed E-state index contributed by atoms with van der Waals surface area (Å²) in [6, 6.07) is 8.59. The van der Waals surface area contributed by atoms with Crippen LogP contribution in [-0.4, -0.2) is 88.6 Å². The van der Waals surface area contributed by atoms with Gasteiger partial charge in [-0.2, -0.15) is 5.10 Å². The Morgan fingerprint density at radius 2 is 1.95 bits per heavy atom. The second-order valence-electron chi connectivity index (χ2n) is 9.59. The van der Waals surface area contributed by atoms with Crippen LogP contribution in [0.3, 0.4) is 0 Å².